The fourth-order valence-corrected chi connectivity index (χ4v) is 0.527. The van der Waals surface area contributed by atoms with Crippen molar-refractivity contribution in [3.8, 4) is 5.88 Å². The van der Waals surface area contributed by atoms with Crippen LogP contribution in [0.5, 0.6) is 5.88 Å². The van der Waals surface area contributed by atoms with Gasteiger partial charge in [-0.1, -0.05) is 0 Å². The molecule has 5 nitrogen and oxygen atoms in total. The number of methoxy groups -OCH3 is 2. The third-order valence-electron chi connectivity index (χ3n) is 1.03. The van der Waals surface area contributed by atoms with E-state index in [1.165, 1.54) is 0 Å². The molecule has 0 aliphatic heterocycles. The molecule has 0 saturated heterocycles. The summed E-state index contributed by atoms with van der Waals surface area (Å²) in [7, 11) is -5.57. The van der Waals surface area contributed by atoms with E-state index in [-0.39, 0.29) is 11.6 Å². The molecule has 0 atom stereocenters. The van der Waals surface area contributed by atoms with Crippen molar-refractivity contribution in [2.45, 2.75) is 0 Å². The molecule has 0 unspecified atom stereocenters. The lowest BCUT2D eigenvalue weighted by molar-refractivity contribution is 0.0593. The van der Waals surface area contributed by atoms with Crippen LogP contribution in [0.25, 0.3) is 0 Å². The van der Waals surface area contributed by atoms with Gasteiger partial charge in [-0.05, 0) is 0 Å². The van der Waals surface area contributed by atoms with Crippen LogP contribution >= 0.6 is 0 Å². The van der Waals surface area contributed by atoms with Crippen LogP contribution in [0.3, 0.4) is 0 Å². The molecule has 64 valence electrons. The number of aromatic nitrogens is 2. The minimum absolute atomic E-state index is 0.319. The van der Waals surface area contributed by atoms with Crippen LogP contribution in [0.1, 0.15) is 18.7 Å². The van der Waals surface area contributed by atoms with Gasteiger partial charge in [-0.25, -0.2) is 14.8 Å². The number of carbonyl (C=O) groups excluding carboxylic acids is 1. The number of nitrogens with zero attached hydrogens (tertiary/aromatic N) is 2. The van der Waals surface area contributed by atoms with Crippen molar-refractivity contribution in [1.82, 2.24) is 9.97 Å². The maximum Gasteiger partial charge on any atom is 0.358 e. The fourth-order valence-electron chi connectivity index (χ4n) is 0.527. The van der Waals surface area contributed by atoms with Crippen molar-refractivity contribution in [1.29, 1.82) is 0 Å². The summed E-state index contributed by atoms with van der Waals surface area (Å²) < 4.78 is 49.0. The molecular formula is C7H8N2O3. The topological polar surface area (TPSA) is 61.3 Å². The first kappa shape index (κ1) is 3.38. The Hall–Kier alpha value is -1.65. The summed E-state index contributed by atoms with van der Waals surface area (Å²) >= 11 is 0. The quantitative estimate of drug-likeness (QED) is 0.602. The zero-order chi connectivity index (χ0) is 14.0. The number of ether oxygens (including phenoxy) is 2. The third kappa shape index (κ3) is 1.69. The molecule has 12 heavy (non-hydrogen) atoms. The zero-order valence-corrected chi connectivity index (χ0v) is 5.77. The van der Waals surface area contributed by atoms with Crippen LogP contribution in [0.15, 0.2) is 12.4 Å². The molecule has 1 rings (SSSR count). The van der Waals surface area contributed by atoms with Gasteiger partial charge in [-0.2, -0.15) is 0 Å². The number of esters is 1. The van der Waals surface area contributed by atoms with Gasteiger partial charge in [-0.3, -0.25) is 0 Å². The summed E-state index contributed by atoms with van der Waals surface area (Å²) in [5, 5.41) is 0. The highest BCUT2D eigenvalue weighted by molar-refractivity contribution is 5.86. The molecule has 0 spiro atoms. The summed E-state index contributed by atoms with van der Waals surface area (Å²) in [4.78, 5) is 18.2. The third-order valence-corrected chi connectivity index (χ3v) is 1.03. The smallest absolute Gasteiger partial charge is 0.358 e. The van der Waals surface area contributed by atoms with Gasteiger partial charge in [0.15, 0.2) is 5.69 Å². The Morgan fingerprint density at radius 1 is 1.50 bits per heavy atom. The van der Waals surface area contributed by atoms with E-state index in [0.717, 1.165) is 12.4 Å². The minimum Gasteiger partial charge on any atom is -0.480 e. The van der Waals surface area contributed by atoms with Crippen molar-refractivity contribution in [3.05, 3.63) is 18.1 Å². The van der Waals surface area contributed by atoms with Gasteiger partial charge in [0.1, 0.15) is 0 Å². The second-order valence-corrected chi connectivity index (χ2v) is 1.73. The number of carbonyl (C=O) groups is 1. The minimum atomic E-state index is -2.88. The second kappa shape index (κ2) is 3.66. The van der Waals surface area contributed by atoms with E-state index >= 15 is 0 Å². The Morgan fingerprint density at radius 3 is 3.00 bits per heavy atom. The Morgan fingerprint density at radius 2 is 2.42 bits per heavy atom. The molecule has 5 heteroatoms. The first-order valence-electron chi connectivity index (χ1n) is 5.81. The average Bonchev–Trinajstić information content (AvgIpc) is 2.13. The first-order chi connectivity index (χ1) is 8.07. The molecule has 0 N–H and O–H groups in total. The second-order valence-electron chi connectivity index (χ2n) is 1.73. The highest BCUT2D eigenvalue weighted by Gasteiger charge is 2.06. The van der Waals surface area contributed by atoms with Crippen molar-refractivity contribution in [3.63, 3.8) is 0 Å². The number of hydrogen-bond acceptors (Lipinski definition) is 5. The Balaban J connectivity index is 2.74. The largest absolute Gasteiger partial charge is 0.480 e. The highest BCUT2D eigenvalue weighted by Crippen LogP contribution is 2.02. The summed E-state index contributed by atoms with van der Waals surface area (Å²) in [6.07, 6.45) is 1.73. The summed E-state index contributed by atoms with van der Waals surface area (Å²) in [6, 6.07) is 0. The van der Waals surface area contributed by atoms with Crippen LogP contribution in [0.4, 0.5) is 0 Å². The predicted molar refractivity (Wildman–Crippen MR) is 39.9 cm³/mol. The van der Waals surface area contributed by atoms with Gasteiger partial charge in [0.05, 0.1) is 34.7 Å². The Labute approximate surface area is 77.8 Å². The Bertz CT molecular complexity index is 426. The maximum atomic E-state index is 11.2. The normalized spacial score (nSPS) is 18.7. The van der Waals surface area contributed by atoms with Gasteiger partial charge in [0.25, 0.3) is 0 Å². The molecule has 0 amide bonds. The molecule has 1 aromatic rings. The van der Waals surface area contributed by atoms with Crippen molar-refractivity contribution in [2.24, 2.45) is 0 Å². The Kier molecular flexibility index (Phi) is 1.03. The molecule has 0 aliphatic carbocycles. The SMILES string of the molecule is [2H]C([2H])([2H])OC(=O)c1cnc(OC([2H])([2H])[2H])cn1. The molecular weight excluding hydrogens is 160 g/mol. The summed E-state index contributed by atoms with van der Waals surface area (Å²) in [5.74, 6) is -1.51. The predicted octanol–water partition coefficient (Wildman–Crippen LogP) is 0.272. The molecule has 0 aliphatic rings. The lowest BCUT2D eigenvalue weighted by atomic mass is 10.5. The molecule has 1 heterocycles. The number of hydrogen-bond donors (Lipinski definition) is 0. The number of rotatable bonds is 2. The molecule has 0 radical (unpaired) electrons. The monoisotopic (exact) mass is 174 g/mol. The van der Waals surface area contributed by atoms with Gasteiger partial charge in [0, 0.05) is 0 Å². The van der Waals surface area contributed by atoms with E-state index < -0.39 is 20.0 Å². The standard InChI is InChI=1S/C7H8N2O3/c1-11-6-4-8-5(3-9-6)7(10)12-2/h3-4H,1-2H3/i1D3,2D3. The van der Waals surface area contributed by atoms with Crippen LogP contribution in [-0.2, 0) is 4.74 Å². The van der Waals surface area contributed by atoms with E-state index in [2.05, 4.69) is 19.4 Å². The maximum absolute atomic E-state index is 11.2. The van der Waals surface area contributed by atoms with Gasteiger partial charge in [0.2, 0.25) is 5.88 Å². The summed E-state index contributed by atoms with van der Waals surface area (Å²) in [5.41, 5.74) is -0.371. The van der Waals surface area contributed by atoms with Crippen LogP contribution in [0.2, 0.25) is 0 Å². The van der Waals surface area contributed by atoms with Crippen molar-refractivity contribution >= 4 is 5.97 Å². The molecule has 0 fully saturated rings. The van der Waals surface area contributed by atoms with Crippen LogP contribution in [0, 0.1) is 0 Å². The lowest BCUT2D eigenvalue weighted by Gasteiger charge is -1.98. The van der Waals surface area contributed by atoms with E-state index in [1.54, 1.807) is 0 Å². The first-order valence-corrected chi connectivity index (χ1v) is 2.81. The molecule has 0 saturated carbocycles. The fraction of sp³-hybridized carbons (Fsp3) is 0.286. The molecule has 0 aromatic carbocycles. The lowest BCUT2D eigenvalue weighted by Crippen LogP contribution is -2.04. The van der Waals surface area contributed by atoms with Gasteiger partial charge >= 0.3 is 5.97 Å². The van der Waals surface area contributed by atoms with Gasteiger partial charge < -0.3 is 9.47 Å². The molecule has 1 aromatic heterocycles. The van der Waals surface area contributed by atoms with Crippen LogP contribution in [-0.4, -0.2) is 30.0 Å². The highest BCUT2D eigenvalue weighted by atomic mass is 16.5. The van der Waals surface area contributed by atoms with E-state index in [0.29, 0.717) is 0 Å². The molecule has 0 bridgehead atoms. The van der Waals surface area contributed by atoms with Gasteiger partial charge in [-0.15, -0.1) is 0 Å². The van der Waals surface area contributed by atoms with Crippen molar-refractivity contribution < 1.29 is 22.5 Å². The van der Waals surface area contributed by atoms with Crippen molar-refractivity contribution in [2.75, 3.05) is 14.1 Å². The average molecular weight is 174 g/mol. The van der Waals surface area contributed by atoms with Crippen LogP contribution < -0.4 is 4.74 Å². The van der Waals surface area contributed by atoms with E-state index in [9.17, 15) is 4.79 Å². The van der Waals surface area contributed by atoms with E-state index in [1.807, 2.05) is 0 Å². The summed E-state index contributed by atoms with van der Waals surface area (Å²) in [6.45, 7) is 0. The zero-order valence-electron chi connectivity index (χ0n) is 11.8. The van der Waals surface area contributed by atoms with E-state index in [4.69, 9.17) is 8.22 Å².